The number of nitrogens with zero attached hydrogens (tertiary/aromatic N) is 1. The summed E-state index contributed by atoms with van der Waals surface area (Å²) in [5.41, 5.74) is 0. The number of hydrogen-bond acceptors (Lipinski definition) is 1. The zero-order chi connectivity index (χ0) is 8.10. The summed E-state index contributed by atoms with van der Waals surface area (Å²) >= 11 is 0. The van der Waals surface area contributed by atoms with Crippen molar-refractivity contribution in [2.24, 2.45) is 0 Å². The van der Waals surface area contributed by atoms with Crippen molar-refractivity contribution in [3.05, 3.63) is 0 Å². The Morgan fingerprint density at radius 1 is 1.18 bits per heavy atom. The van der Waals surface area contributed by atoms with E-state index >= 15 is 0 Å². The summed E-state index contributed by atoms with van der Waals surface area (Å²) in [6.45, 7) is 0. The van der Waals surface area contributed by atoms with E-state index in [1.54, 1.807) is 0 Å². The summed E-state index contributed by atoms with van der Waals surface area (Å²) in [7, 11) is 3.98. The highest BCUT2D eigenvalue weighted by atomic mass is 16.5. The van der Waals surface area contributed by atoms with Crippen LogP contribution in [0.1, 0.15) is 32.1 Å². The molecule has 2 nitrogen and oxygen atoms in total. The molecule has 64 valence electrons. The maximum absolute atomic E-state index is 5.55. The molecule has 11 heavy (non-hydrogen) atoms. The molecular weight excluding hydrogens is 138 g/mol. The zero-order valence-electron chi connectivity index (χ0n) is 7.55. The molecule has 1 rings (SSSR count). The number of rotatable bonds is 2. The highest BCUT2D eigenvalue weighted by Gasteiger charge is 2.13. The third kappa shape index (κ3) is 3.40. The Morgan fingerprint density at radius 3 is 2.36 bits per heavy atom. The van der Waals surface area contributed by atoms with Crippen LogP contribution in [-0.4, -0.2) is 31.2 Å². The lowest BCUT2D eigenvalue weighted by atomic mass is 9.98. The van der Waals surface area contributed by atoms with Gasteiger partial charge in [-0.2, -0.15) is 0 Å². The SMILES string of the molecule is C[N+](C)=COC1CCCCC1. The van der Waals surface area contributed by atoms with Gasteiger partial charge in [-0.1, -0.05) is 6.42 Å². The van der Waals surface area contributed by atoms with Crippen LogP contribution in [0.4, 0.5) is 0 Å². The Morgan fingerprint density at radius 2 is 1.82 bits per heavy atom. The Balaban J connectivity index is 2.19. The first-order valence-corrected chi connectivity index (χ1v) is 4.44. The molecule has 0 unspecified atom stereocenters. The summed E-state index contributed by atoms with van der Waals surface area (Å²) in [5, 5.41) is 0. The molecular formula is C9H18NO+. The summed E-state index contributed by atoms with van der Waals surface area (Å²) < 4.78 is 7.50. The van der Waals surface area contributed by atoms with Gasteiger partial charge in [-0.25, -0.2) is 4.58 Å². The van der Waals surface area contributed by atoms with Gasteiger partial charge >= 0.3 is 6.40 Å². The van der Waals surface area contributed by atoms with E-state index in [4.69, 9.17) is 4.74 Å². The van der Waals surface area contributed by atoms with Gasteiger partial charge in [-0.15, -0.1) is 0 Å². The normalized spacial score (nSPS) is 19.5. The molecule has 0 aromatic heterocycles. The second kappa shape index (κ2) is 4.37. The quantitative estimate of drug-likeness (QED) is 0.336. The van der Waals surface area contributed by atoms with Gasteiger partial charge in [0.05, 0.1) is 0 Å². The molecule has 0 aliphatic heterocycles. The van der Waals surface area contributed by atoms with Crippen LogP contribution in [0.5, 0.6) is 0 Å². The first kappa shape index (κ1) is 8.57. The predicted molar refractivity (Wildman–Crippen MR) is 46.1 cm³/mol. The molecule has 0 heterocycles. The molecule has 1 aliphatic rings. The molecule has 2 heteroatoms. The van der Waals surface area contributed by atoms with Crippen LogP contribution in [-0.2, 0) is 4.74 Å². The average molecular weight is 156 g/mol. The summed E-state index contributed by atoms with van der Waals surface area (Å²) in [6, 6.07) is 0. The lowest BCUT2D eigenvalue weighted by molar-refractivity contribution is -0.469. The topological polar surface area (TPSA) is 12.2 Å². The van der Waals surface area contributed by atoms with Gasteiger partial charge in [-0.3, -0.25) is 0 Å². The van der Waals surface area contributed by atoms with E-state index in [1.165, 1.54) is 32.1 Å². The van der Waals surface area contributed by atoms with Gasteiger partial charge in [-0.05, 0) is 25.7 Å². The van der Waals surface area contributed by atoms with E-state index < -0.39 is 0 Å². The van der Waals surface area contributed by atoms with E-state index in [9.17, 15) is 0 Å². The van der Waals surface area contributed by atoms with Crippen molar-refractivity contribution in [1.82, 2.24) is 0 Å². The van der Waals surface area contributed by atoms with Gasteiger partial charge in [0.25, 0.3) is 0 Å². The standard InChI is InChI=1S/C9H18NO/c1-10(2)8-11-9-6-4-3-5-7-9/h8-9H,3-7H2,1-2H3/q+1. The van der Waals surface area contributed by atoms with E-state index in [1.807, 2.05) is 25.1 Å². The summed E-state index contributed by atoms with van der Waals surface area (Å²) in [5.74, 6) is 0. The van der Waals surface area contributed by atoms with Crippen LogP contribution < -0.4 is 0 Å². The van der Waals surface area contributed by atoms with Crippen molar-refractivity contribution in [3.63, 3.8) is 0 Å². The van der Waals surface area contributed by atoms with Crippen LogP contribution >= 0.6 is 0 Å². The average Bonchev–Trinajstić information content (AvgIpc) is 2.03. The first-order chi connectivity index (χ1) is 5.29. The smallest absolute Gasteiger partial charge is 0.323 e. The second-order valence-electron chi connectivity index (χ2n) is 3.47. The van der Waals surface area contributed by atoms with Gasteiger partial charge in [0, 0.05) is 0 Å². The van der Waals surface area contributed by atoms with E-state index in [2.05, 4.69) is 0 Å². The van der Waals surface area contributed by atoms with Crippen LogP contribution in [0.15, 0.2) is 0 Å². The molecule has 1 fully saturated rings. The van der Waals surface area contributed by atoms with Gasteiger partial charge in [0.15, 0.2) is 0 Å². The van der Waals surface area contributed by atoms with Gasteiger partial charge in [0.1, 0.15) is 20.2 Å². The molecule has 0 radical (unpaired) electrons. The Bertz CT molecular complexity index is 132. The van der Waals surface area contributed by atoms with Crippen LogP contribution in [0.3, 0.4) is 0 Å². The Kier molecular flexibility index (Phi) is 3.40. The Hall–Kier alpha value is -0.530. The van der Waals surface area contributed by atoms with Crippen molar-refractivity contribution in [3.8, 4) is 0 Å². The lowest BCUT2D eigenvalue weighted by Crippen LogP contribution is -2.18. The summed E-state index contributed by atoms with van der Waals surface area (Å²) in [6.07, 6.45) is 8.86. The maximum atomic E-state index is 5.55. The molecule has 0 aromatic carbocycles. The van der Waals surface area contributed by atoms with Crippen molar-refractivity contribution >= 4 is 6.40 Å². The number of hydrogen-bond donors (Lipinski definition) is 0. The minimum Gasteiger partial charge on any atom is -0.447 e. The molecule has 1 aliphatic carbocycles. The largest absolute Gasteiger partial charge is 0.447 e. The van der Waals surface area contributed by atoms with Crippen LogP contribution in [0, 0.1) is 0 Å². The number of ether oxygens (including phenoxy) is 1. The monoisotopic (exact) mass is 156 g/mol. The van der Waals surface area contributed by atoms with Crippen molar-refractivity contribution < 1.29 is 9.31 Å². The van der Waals surface area contributed by atoms with E-state index in [-0.39, 0.29) is 0 Å². The minimum atomic E-state index is 0.492. The third-order valence-electron chi connectivity index (χ3n) is 2.02. The zero-order valence-corrected chi connectivity index (χ0v) is 7.55. The molecule has 1 saturated carbocycles. The lowest BCUT2D eigenvalue weighted by Gasteiger charge is -2.19. The fourth-order valence-corrected chi connectivity index (χ4v) is 1.41. The van der Waals surface area contributed by atoms with Crippen molar-refractivity contribution in [2.75, 3.05) is 14.1 Å². The molecule has 0 saturated heterocycles. The van der Waals surface area contributed by atoms with Crippen LogP contribution in [0.25, 0.3) is 0 Å². The van der Waals surface area contributed by atoms with Crippen molar-refractivity contribution in [1.29, 1.82) is 0 Å². The molecule has 0 N–H and O–H groups in total. The molecule has 0 atom stereocenters. The molecule has 0 aromatic rings. The highest BCUT2D eigenvalue weighted by molar-refractivity contribution is 5.39. The fourth-order valence-electron chi connectivity index (χ4n) is 1.41. The molecule has 0 amide bonds. The summed E-state index contributed by atoms with van der Waals surface area (Å²) in [4.78, 5) is 0. The second-order valence-corrected chi connectivity index (χ2v) is 3.47. The predicted octanol–water partition coefficient (Wildman–Crippen LogP) is 1.64. The van der Waals surface area contributed by atoms with E-state index in [0.717, 1.165) is 0 Å². The van der Waals surface area contributed by atoms with Gasteiger partial charge < -0.3 is 4.74 Å². The van der Waals surface area contributed by atoms with Crippen molar-refractivity contribution in [2.45, 2.75) is 38.2 Å². The Labute approximate surface area is 68.9 Å². The van der Waals surface area contributed by atoms with Gasteiger partial charge in [0.2, 0.25) is 0 Å². The minimum absolute atomic E-state index is 0.492. The molecule has 0 spiro atoms. The highest BCUT2D eigenvalue weighted by Crippen LogP contribution is 2.19. The fraction of sp³-hybridized carbons (Fsp3) is 0.889. The maximum Gasteiger partial charge on any atom is 0.323 e. The van der Waals surface area contributed by atoms with Crippen LogP contribution in [0.2, 0.25) is 0 Å². The molecule has 0 bridgehead atoms. The third-order valence-corrected chi connectivity index (χ3v) is 2.02. The van der Waals surface area contributed by atoms with E-state index in [0.29, 0.717) is 6.10 Å². The first-order valence-electron chi connectivity index (χ1n) is 4.44.